The molecule has 1 aliphatic heterocycles. The van der Waals surface area contributed by atoms with E-state index in [2.05, 4.69) is 4.74 Å². The van der Waals surface area contributed by atoms with E-state index in [-0.39, 0.29) is 6.10 Å². The molecular weight excluding hydrogens is 96.0 g/mol. The van der Waals surface area contributed by atoms with Crippen LogP contribution >= 0.6 is 0 Å². The first-order valence-electron chi connectivity index (χ1n) is 2.08. The van der Waals surface area contributed by atoms with Crippen LogP contribution in [0.5, 0.6) is 0 Å². The zero-order valence-corrected chi connectivity index (χ0v) is 3.88. The molecule has 0 aromatic carbocycles. The van der Waals surface area contributed by atoms with Gasteiger partial charge in [0.15, 0.2) is 0 Å². The van der Waals surface area contributed by atoms with Crippen molar-refractivity contribution in [3.05, 3.63) is 0 Å². The molecule has 7 heavy (non-hydrogen) atoms. The van der Waals surface area contributed by atoms with Crippen LogP contribution < -0.4 is 5.11 Å². The number of hydrogen-bond acceptors (Lipinski definition) is 3. The van der Waals surface area contributed by atoms with E-state index in [1.54, 1.807) is 6.92 Å². The number of epoxide rings is 1. The summed E-state index contributed by atoms with van der Waals surface area (Å²) in [6.07, 6.45) is -0.745. The van der Waals surface area contributed by atoms with Crippen molar-refractivity contribution in [2.45, 2.75) is 19.1 Å². The highest BCUT2D eigenvalue weighted by atomic mass is 16.6. The molecule has 3 nitrogen and oxygen atoms in total. The zero-order chi connectivity index (χ0) is 5.44. The minimum Gasteiger partial charge on any atom is -0.547 e. The molecule has 0 bridgehead atoms. The molecule has 1 saturated heterocycles. The topological polar surface area (TPSA) is 52.7 Å². The fraction of sp³-hybridized carbons (Fsp3) is 0.750. The predicted molar refractivity (Wildman–Crippen MR) is 19.3 cm³/mol. The number of ether oxygens (including phenoxy) is 1. The molecule has 0 saturated carbocycles. The average Bonchev–Trinajstić information content (AvgIpc) is 2.17. The third kappa shape index (κ3) is 0.718. The molecule has 0 aromatic rings. The maximum absolute atomic E-state index is 9.74. The molecule has 0 N–H and O–H groups in total. The van der Waals surface area contributed by atoms with E-state index in [9.17, 15) is 9.90 Å². The third-order valence-electron chi connectivity index (χ3n) is 0.943. The molecule has 0 amide bonds. The molecule has 2 unspecified atom stereocenters. The second kappa shape index (κ2) is 1.20. The van der Waals surface area contributed by atoms with E-state index in [4.69, 9.17) is 0 Å². The summed E-state index contributed by atoms with van der Waals surface area (Å²) in [6.45, 7) is 1.69. The maximum Gasteiger partial charge on any atom is 0.123 e. The molecular formula is C4H5O3-. The Labute approximate surface area is 40.9 Å². The van der Waals surface area contributed by atoms with Gasteiger partial charge in [-0.2, -0.15) is 0 Å². The standard InChI is InChI=1S/C4H6O3/c1-2-3(7-2)4(5)6/h2-3H,1H3,(H,5,6)/p-1. The van der Waals surface area contributed by atoms with Gasteiger partial charge in [0.05, 0.1) is 12.1 Å². The van der Waals surface area contributed by atoms with Crippen LogP contribution in [0.15, 0.2) is 0 Å². The van der Waals surface area contributed by atoms with Gasteiger partial charge in [-0.3, -0.25) is 0 Å². The lowest BCUT2D eigenvalue weighted by molar-refractivity contribution is -0.307. The molecule has 1 aliphatic rings. The highest BCUT2D eigenvalue weighted by molar-refractivity contribution is 5.73. The van der Waals surface area contributed by atoms with Crippen molar-refractivity contribution >= 4 is 5.97 Å². The van der Waals surface area contributed by atoms with Gasteiger partial charge in [0.25, 0.3) is 0 Å². The monoisotopic (exact) mass is 101 g/mol. The summed E-state index contributed by atoms with van der Waals surface area (Å²) < 4.78 is 4.52. The third-order valence-corrected chi connectivity index (χ3v) is 0.943. The van der Waals surface area contributed by atoms with Gasteiger partial charge < -0.3 is 14.6 Å². The molecule has 0 aliphatic carbocycles. The Bertz CT molecular complexity index is 99.1. The second-order valence-electron chi connectivity index (χ2n) is 1.58. The molecule has 0 spiro atoms. The van der Waals surface area contributed by atoms with E-state index in [1.807, 2.05) is 0 Å². The predicted octanol–water partition coefficient (Wildman–Crippen LogP) is -1.48. The van der Waals surface area contributed by atoms with Crippen molar-refractivity contribution in [3.63, 3.8) is 0 Å². The molecule has 0 radical (unpaired) electrons. The number of carboxylic acids is 1. The highest BCUT2D eigenvalue weighted by Crippen LogP contribution is 2.19. The highest BCUT2D eigenvalue weighted by Gasteiger charge is 2.35. The molecule has 0 aromatic heterocycles. The van der Waals surface area contributed by atoms with E-state index in [0.29, 0.717) is 0 Å². The van der Waals surface area contributed by atoms with Crippen LogP contribution in [0, 0.1) is 0 Å². The Morgan fingerprint density at radius 3 is 2.29 bits per heavy atom. The number of hydrogen-bond donors (Lipinski definition) is 0. The average molecular weight is 101 g/mol. The van der Waals surface area contributed by atoms with Gasteiger partial charge in [-0.25, -0.2) is 0 Å². The fourth-order valence-corrected chi connectivity index (χ4v) is 0.433. The van der Waals surface area contributed by atoms with Crippen LogP contribution in [0.4, 0.5) is 0 Å². The number of carbonyl (C=O) groups excluding carboxylic acids is 1. The Hall–Kier alpha value is -0.570. The van der Waals surface area contributed by atoms with Crippen LogP contribution in [-0.4, -0.2) is 18.2 Å². The zero-order valence-electron chi connectivity index (χ0n) is 3.88. The number of carbonyl (C=O) groups is 1. The van der Waals surface area contributed by atoms with E-state index >= 15 is 0 Å². The van der Waals surface area contributed by atoms with Crippen LogP contribution in [-0.2, 0) is 9.53 Å². The van der Waals surface area contributed by atoms with Crippen molar-refractivity contribution in [1.82, 2.24) is 0 Å². The first-order chi connectivity index (χ1) is 3.22. The lowest BCUT2D eigenvalue weighted by Crippen LogP contribution is -2.28. The van der Waals surface area contributed by atoms with Crippen molar-refractivity contribution < 1.29 is 14.6 Å². The van der Waals surface area contributed by atoms with Gasteiger partial charge in [-0.05, 0) is 6.92 Å². The van der Waals surface area contributed by atoms with Crippen molar-refractivity contribution in [2.75, 3.05) is 0 Å². The van der Waals surface area contributed by atoms with Crippen LogP contribution in [0.3, 0.4) is 0 Å². The minimum atomic E-state index is -1.10. The first kappa shape index (κ1) is 4.59. The second-order valence-corrected chi connectivity index (χ2v) is 1.58. The van der Waals surface area contributed by atoms with E-state index in [1.165, 1.54) is 0 Å². The van der Waals surface area contributed by atoms with Crippen molar-refractivity contribution in [2.24, 2.45) is 0 Å². The lowest BCUT2D eigenvalue weighted by atomic mass is 10.4. The van der Waals surface area contributed by atoms with Crippen LogP contribution in [0.2, 0.25) is 0 Å². The van der Waals surface area contributed by atoms with Gasteiger partial charge in [0.2, 0.25) is 0 Å². The number of aliphatic carboxylic acids is 1. The smallest absolute Gasteiger partial charge is 0.123 e. The summed E-state index contributed by atoms with van der Waals surface area (Å²) in [5, 5.41) is 9.74. The summed E-state index contributed by atoms with van der Waals surface area (Å²) >= 11 is 0. The Morgan fingerprint density at radius 2 is 2.29 bits per heavy atom. The Kier molecular flexibility index (Phi) is 0.785. The van der Waals surface area contributed by atoms with E-state index < -0.39 is 12.1 Å². The molecule has 1 heterocycles. The molecule has 40 valence electrons. The lowest BCUT2D eigenvalue weighted by Gasteiger charge is -1.88. The maximum atomic E-state index is 9.74. The van der Waals surface area contributed by atoms with Gasteiger partial charge in [-0.15, -0.1) is 0 Å². The summed E-state index contributed by atoms with van der Waals surface area (Å²) in [4.78, 5) is 9.74. The summed E-state index contributed by atoms with van der Waals surface area (Å²) in [6, 6.07) is 0. The molecule has 1 rings (SSSR count). The minimum absolute atomic E-state index is 0.120. The number of carboxylic acid groups (broad SMARTS) is 1. The quantitative estimate of drug-likeness (QED) is 0.379. The van der Waals surface area contributed by atoms with Crippen molar-refractivity contribution in [3.8, 4) is 0 Å². The molecule has 3 heteroatoms. The summed E-state index contributed by atoms with van der Waals surface area (Å²) in [5.74, 6) is -1.10. The normalized spacial score (nSPS) is 37.9. The first-order valence-corrected chi connectivity index (χ1v) is 2.08. The number of rotatable bonds is 1. The summed E-state index contributed by atoms with van der Waals surface area (Å²) in [5.41, 5.74) is 0. The van der Waals surface area contributed by atoms with Gasteiger partial charge in [0.1, 0.15) is 6.10 Å². The largest absolute Gasteiger partial charge is 0.547 e. The van der Waals surface area contributed by atoms with Crippen molar-refractivity contribution in [1.29, 1.82) is 0 Å². The summed E-state index contributed by atoms with van der Waals surface area (Å²) in [7, 11) is 0. The SMILES string of the molecule is CC1OC1C(=O)[O-]. The fourth-order valence-electron chi connectivity index (χ4n) is 0.433. The van der Waals surface area contributed by atoms with E-state index in [0.717, 1.165) is 0 Å². The van der Waals surface area contributed by atoms with Crippen LogP contribution in [0.1, 0.15) is 6.92 Å². The Morgan fingerprint density at radius 1 is 1.86 bits per heavy atom. The molecule has 1 fully saturated rings. The van der Waals surface area contributed by atoms with Crippen LogP contribution in [0.25, 0.3) is 0 Å². The molecule has 2 atom stereocenters. The van der Waals surface area contributed by atoms with Gasteiger partial charge >= 0.3 is 0 Å². The Balaban J connectivity index is 2.33. The van der Waals surface area contributed by atoms with Gasteiger partial charge in [0, 0.05) is 0 Å². The van der Waals surface area contributed by atoms with Gasteiger partial charge in [-0.1, -0.05) is 0 Å².